The Bertz CT molecular complexity index is 798. The van der Waals surface area contributed by atoms with Crippen LogP contribution in [0.5, 0.6) is 11.5 Å². The highest BCUT2D eigenvalue weighted by Gasteiger charge is 2.22. The number of phenolic OH excluding ortho intramolecular Hbond substituents is 1. The van der Waals surface area contributed by atoms with E-state index in [2.05, 4.69) is 0 Å². The van der Waals surface area contributed by atoms with E-state index in [1.54, 1.807) is 30.6 Å². The minimum atomic E-state index is -0.579. The third-order valence-corrected chi connectivity index (χ3v) is 4.53. The highest BCUT2D eigenvalue weighted by Crippen LogP contribution is 2.36. The SMILES string of the molecule is COC(=O)c1c(/C=C/c2cccs2)cc(OC)c(CC=C(C)C)c1O. The second-order valence-corrected chi connectivity index (χ2v) is 6.68. The Balaban J connectivity index is 2.59. The van der Waals surface area contributed by atoms with Gasteiger partial charge >= 0.3 is 5.97 Å². The summed E-state index contributed by atoms with van der Waals surface area (Å²) in [5.41, 5.74) is 2.38. The average molecular weight is 358 g/mol. The number of carbonyl (C=O) groups excluding carboxylic acids is 1. The van der Waals surface area contributed by atoms with Gasteiger partial charge in [0.2, 0.25) is 0 Å². The minimum absolute atomic E-state index is 0.102. The van der Waals surface area contributed by atoms with Gasteiger partial charge in [0, 0.05) is 10.4 Å². The summed E-state index contributed by atoms with van der Waals surface area (Å²) in [6.45, 7) is 3.95. The molecular formula is C20H22O4S. The molecule has 1 N–H and O–H groups in total. The fourth-order valence-corrected chi connectivity index (χ4v) is 3.01. The van der Waals surface area contributed by atoms with Crippen LogP contribution in [0.4, 0.5) is 0 Å². The number of hydrogen-bond acceptors (Lipinski definition) is 5. The fraction of sp³-hybridized carbons (Fsp3) is 0.250. The Hall–Kier alpha value is -2.53. The molecule has 0 aliphatic rings. The number of phenols is 1. The van der Waals surface area contributed by atoms with Crippen molar-refractivity contribution in [3.8, 4) is 11.5 Å². The number of carbonyl (C=O) groups is 1. The number of rotatable bonds is 6. The zero-order chi connectivity index (χ0) is 18.4. The molecule has 0 amide bonds. The summed E-state index contributed by atoms with van der Waals surface area (Å²) in [5.74, 6) is -0.146. The Morgan fingerprint density at radius 3 is 2.60 bits per heavy atom. The van der Waals surface area contributed by atoms with Crippen molar-refractivity contribution in [2.24, 2.45) is 0 Å². The van der Waals surface area contributed by atoms with Crippen molar-refractivity contribution in [1.29, 1.82) is 0 Å². The molecule has 0 radical (unpaired) electrons. The summed E-state index contributed by atoms with van der Waals surface area (Å²) in [4.78, 5) is 13.3. The van der Waals surface area contributed by atoms with E-state index in [4.69, 9.17) is 9.47 Å². The first-order valence-corrected chi connectivity index (χ1v) is 8.72. The van der Waals surface area contributed by atoms with Gasteiger partial charge in [-0.05, 0) is 49.4 Å². The zero-order valence-corrected chi connectivity index (χ0v) is 15.6. The summed E-state index contributed by atoms with van der Waals surface area (Å²) < 4.78 is 10.3. The van der Waals surface area contributed by atoms with E-state index in [0.29, 0.717) is 23.3 Å². The van der Waals surface area contributed by atoms with Crippen LogP contribution in [0.3, 0.4) is 0 Å². The predicted octanol–water partition coefficient (Wildman–Crippen LogP) is 4.93. The summed E-state index contributed by atoms with van der Waals surface area (Å²) >= 11 is 1.59. The number of esters is 1. The van der Waals surface area contributed by atoms with Crippen LogP contribution < -0.4 is 4.74 Å². The lowest BCUT2D eigenvalue weighted by molar-refractivity contribution is 0.0597. The third-order valence-electron chi connectivity index (χ3n) is 3.69. The van der Waals surface area contributed by atoms with Gasteiger partial charge in [-0.15, -0.1) is 11.3 Å². The number of methoxy groups -OCH3 is 2. The molecule has 2 aromatic rings. The summed E-state index contributed by atoms with van der Waals surface area (Å²) in [6, 6.07) is 5.68. The van der Waals surface area contributed by atoms with Gasteiger partial charge in [-0.3, -0.25) is 0 Å². The lowest BCUT2D eigenvalue weighted by Gasteiger charge is -2.15. The predicted molar refractivity (Wildman–Crippen MR) is 102 cm³/mol. The van der Waals surface area contributed by atoms with Crippen molar-refractivity contribution in [2.45, 2.75) is 20.3 Å². The van der Waals surface area contributed by atoms with Crippen LogP contribution >= 0.6 is 11.3 Å². The van der Waals surface area contributed by atoms with Crippen molar-refractivity contribution >= 4 is 29.5 Å². The Morgan fingerprint density at radius 1 is 1.28 bits per heavy atom. The summed E-state index contributed by atoms with van der Waals surface area (Å²) in [7, 11) is 2.85. The van der Waals surface area contributed by atoms with Gasteiger partial charge in [-0.1, -0.05) is 23.8 Å². The smallest absolute Gasteiger partial charge is 0.342 e. The largest absolute Gasteiger partial charge is 0.507 e. The molecule has 132 valence electrons. The Morgan fingerprint density at radius 2 is 2.04 bits per heavy atom. The first-order valence-electron chi connectivity index (χ1n) is 7.84. The van der Waals surface area contributed by atoms with Crippen LogP contribution in [-0.4, -0.2) is 25.3 Å². The monoisotopic (exact) mass is 358 g/mol. The molecule has 0 spiro atoms. The number of benzene rings is 1. The van der Waals surface area contributed by atoms with Crippen molar-refractivity contribution in [2.75, 3.05) is 14.2 Å². The van der Waals surface area contributed by atoms with Gasteiger partial charge in [-0.25, -0.2) is 4.79 Å². The van der Waals surface area contributed by atoms with E-state index in [-0.39, 0.29) is 11.3 Å². The van der Waals surface area contributed by atoms with Crippen molar-refractivity contribution in [3.05, 3.63) is 56.8 Å². The second-order valence-electron chi connectivity index (χ2n) is 5.70. The molecule has 25 heavy (non-hydrogen) atoms. The molecule has 5 heteroatoms. The van der Waals surface area contributed by atoms with E-state index in [1.807, 2.05) is 43.5 Å². The Kier molecular flexibility index (Phi) is 6.42. The van der Waals surface area contributed by atoms with E-state index in [0.717, 1.165) is 10.5 Å². The summed E-state index contributed by atoms with van der Waals surface area (Å²) in [5, 5.41) is 12.7. The number of thiophene rings is 1. The van der Waals surface area contributed by atoms with Crippen LogP contribution in [0, 0.1) is 0 Å². The van der Waals surface area contributed by atoms with E-state index >= 15 is 0 Å². The molecular weight excluding hydrogens is 336 g/mol. The first-order chi connectivity index (χ1) is 12.0. The molecule has 0 bridgehead atoms. The van der Waals surface area contributed by atoms with Gasteiger partial charge < -0.3 is 14.6 Å². The number of ether oxygens (including phenoxy) is 2. The summed E-state index contributed by atoms with van der Waals surface area (Å²) in [6.07, 6.45) is 6.11. The lowest BCUT2D eigenvalue weighted by Crippen LogP contribution is -2.07. The van der Waals surface area contributed by atoms with Crippen LogP contribution in [0.2, 0.25) is 0 Å². The van der Waals surface area contributed by atoms with Crippen LogP contribution in [0.1, 0.15) is 40.2 Å². The van der Waals surface area contributed by atoms with E-state index < -0.39 is 5.97 Å². The van der Waals surface area contributed by atoms with Crippen LogP contribution in [-0.2, 0) is 11.2 Å². The molecule has 0 aliphatic carbocycles. The fourth-order valence-electron chi connectivity index (χ4n) is 2.40. The van der Waals surface area contributed by atoms with Crippen LogP contribution in [0.25, 0.3) is 12.2 Å². The van der Waals surface area contributed by atoms with Gasteiger partial charge in [0.05, 0.1) is 14.2 Å². The quantitative estimate of drug-likeness (QED) is 0.588. The molecule has 0 atom stereocenters. The standard InChI is InChI=1S/C20H22O4S/c1-13(2)7-10-16-17(23-3)12-14(8-9-15-6-5-11-25-15)18(19(16)21)20(22)24-4/h5-9,11-12,21H,10H2,1-4H3/b9-8+. The van der Waals surface area contributed by atoms with Crippen molar-refractivity contribution in [3.63, 3.8) is 0 Å². The number of aromatic hydroxyl groups is 1. The first kappa shape index (κ1) is 18.8. The molecule has 0 saturated heterocycles. The second kappa shape index (κ2) is 8.53. The van der Waals surface area contributed by atoms with Gasteiger partial charge in [0.25, 0.3) is 0 Å². The molecule has 0 fully saturated rings. The maximum atomic E-state index is 12.2. The zero-order valence-electron chi connectivity index (χ0n) is 14.8. The average Bonchev–Trinajstić information content (AvgIpc) is 3.11. The maximum Gasteiger partial charge on any atom is 0.342 e. The number of allylic oxidation sites excluding steroid dienone is 2. The highest BCUT2D eigenvalue weighted by molar-refractivity contribution is 7.10. The van der Waals surface area contributed by atoms with E-state index in [9.17, 15) is 9.90 Å². The van der Waals surface area contributed by atoms with Gasteiger partial charge in [-0.2, -0.15) is 0 Å². The molecule has 1 aromatic heterocycles. The molecule has 1 heterocycles. The topological polar surface area (TPSA) is 55.8 Å². The van der Waals surface area contributed by atoms with Crippen molar-refractivity contribution in [1.82, 2.24) is 0 Å². The molecule has 2 rings (SSSR count). The Labute approximate surface area is 152 Å². The molecule has 4 nitrogen and oxygen atoms in total. The number of hydrogen-bond donors (Lipinski definition) is 1. The minimum Gasteiger partial charge on any atom is -0.507 e. The van der Waals surface area contributed by atoms with E-state index in [1.165, 1.54) is 7.11 Å². The molecule has 0 saturated carbocycles. The molecule has 1 aromatic carbocycles. The maximum absolute atomic E-state index is 12.2. The third kappa shape index (κ3) is 4.51. The van der Waals surface area contributed by atoms with Crippen molar-refractivity contribution < 1.29 is 19.4 Å². The normalized spacial score (nSPS) is 10.7. The van der Waals surface area contributed by atoms with Gasteiger partial charge in [0.15, 0.2) is 0 Å². The highest BCUT2D eigenvalue weighted by atomic mass is 32.1. The lowest BCUT2D eigenvalue weighted by atomic mass is 9.97. The van der Waals surface area contributed by atoms with Crippen LogP contribution in [0.15, 0.2) is 35.2 Å². The molecule has 0 unspecified atom stereocenters. The molecule has 0 aliphatic heterocycles. The van der Waals surface area contributed by atoms with Gasteiger partial charge in [0.1, 0.15) is 17.1 Å².